The van der Waals surface area contributed by atoms with Gasteiger partial charge in [-0.25, -0.2) is 13.6 Å². The third-order valence-corrected chi connectivity index (χ3v) is 5.39. The van der Waals surface area contributed by atoms with Gasteiger partial charge in [0, 0.05) is 6.04 Å². The molecule has 1 aromatic rings. The number of para-hydroxylation sites is 1. The van der Waals surface area contributed by atoms with E-state index in [9.17, 15) is 8.42 Å². The third kappa shape index (κ3) is 3.07. The first-order valence-corrected chi connectivity index (χ1v) is 8.53. The second kappa shape index (κ2) is 5.61. The fraction of sp³-hybridized carbons (Fsp3) is 0.571. The highest BCUT2D eigenvalue weighted by Gasteiger charge is 2.27. The van der Waals surface area contributed by atoms with Gasteiger partial charge in [-0.15, -0.1) is 0 Å². The SMILES string of the molecule is CC1CCCC(Nc2cccc(S(N)(=O)=O)c2N)C1C. The Bertz CT molecular complexity index is 586. The van der Waals surface area contributed by atoms with Gasteiger partial charge in [0.05, 0.1) is 11.4 Å². The lowest BCUT2D eigenvalue weighted by Crippen LogP contribution is -2.35. The van der Waals surface area contributed by atoms with Crippen LogP contribution in [0.3, 0.4) is 0 Å². The van der Waals surface area contributed by atoms with Crippen LogP contribution in [0.25, 0.3) is 0 Å². The lowest BCUT2D eigenvalue weighted by Gasteiger charge is -2.35. The molecule has 0 spiro atoms. The molecule has 0 aromatic heterocycles. The van der Waals surface area contributed by atoms with Crippen molar-refractivity contribution < 1.29 is 8.42 Å². The number of nitrogens with one attached hydrogen (secondary N) is 1. The monoisotopic (exact) mass is 297 g/mol. The van der Waals surface area contributed by atoms with Gasteiger partial charge in [-0.05, 0) is 30.4 Å². The van der Waals surface area contributed by atoms with Crippen LogP contribution in [0.4, 0.5) is 11.4 Å². The van der Waals surface area contributed by atoms with E-state index in [-0.39, 0.29) is 10.6 Å². The molecule has 3 unspecified atom stereocenters. The molecule has 2 rings (SSSR count). The molecule has 1 aromatic carbocycles. The van der Waals surface area contributed by atoms with Crippen molar-refractivity contribution in [3.63, 3.8) is 0 Å². The zero-order chi connectivity index (χ0) is 14.9. The zero-order valence-corrected chi connectivity index (χ0v) is 12.8. The van der Waals surface area contributed by atoms with Crippen LogP contribution >= 0.6 is 0 Å². The number of anilines is 2. The second-order valence-electron chi connectivity index (χ2n) is 5.78. The van der Waals surface area contributed by atoms with Crippen molar-refractivity contribution in [1.82, 2.24) is 0 Å². The second-order valence-corrected chi connectivity index (χ2v) is 7.31. The van der Waals surface area contributed by atoms with E-state index in [0.29, 0.717) is 23.6 Å². The fourth-order valence-electron chi connectivity index (χ4n) is 2.90. The van der Waals surface area contributed by atoms with Gasteiger partial charge in [0.15, 0.2) is 0 Å². The predicted octanol–water partition coefficient (Wildman–Crippen LogP) is 2.15. The Morgan fingerprint density at radius 2 is 1.95 bits per heavy atom. The molecule has 20 heavy (non-hydrogen) atoms. The Morgan fingerprint density at radius 1 is 1.25 bits per heavy atom. The average molecular weight is 297 g/mol. The summed E-state index contributed by atoms with van der Waals surface area (Å²) in [5, 5.41) is 8.57. The predicted molar refractivity (Wildman–Crippen MR) is 81.8 cm³/mol. The summed E-state index contributed by atoms with van der Waals surface area (Å²) in [6, 6.07) is 5.21. The van der Waals surface area contributed by atoms with Crippen molar-refractivity contribution in [1.29, 1.82) is 0 Å². The summed E-state index contributed by atoms with van der Waals surface area (Å²) in [6.45, 7) is 4.48. The highest BCUT2D eigenvalue weighted by molar-refractivity contribution is 7.89. The number of nitrogens with two attached hydrogens (primary N) is 2. The minimum Gasteiger partial charge on any atom is -0.396 e. The van der Waals surface area contributed by atoms with Gasteiger partial charge in [-0.2, -0.15) is 0 Å². The Balaban J connectivity index is 2.26. The van der Waals surface area contributed by atoms with Crippen LogP contribution < -0.4 is 16.2 Å². The first-order valence-electron chi connectivity index (χ1n) is 6.98. The zero-order valence-electron chi connectivity index (χ0n) is 12.0. The molecule has 112 valence electrons. The minimum atomic E-state index is -3.79. The molecule has 1 aliphatic rings. The fourth-order valence-corrected chi connectivity index (χ4v) is 3.59. The highest BCUT2D eigenvalue weighted by atomic mass is 32.2. The quantitative estimate of drug-likeness (QED) is 0.744. The Hall–Kier alpha value is -1.27. The number of hydrogen-bond donors (Lipinski definition) is 3. The molecule has 0 aliphatic heterocycles. The van der Waals surface area contributed by atoms with Crippen LogP contribution in [0, 0.1) is 11.8 Å². The number of rotatable bonds is 3. The van der Waals surface area contributed by atoms with Gasteiger partial charge in [0.2, 0.25) is 10.0 Å². The third-order valence-electron chi connectivity index (χ3n) is 4.42. The van der Waals surface area contributed by atoms with Gasteiger partial charge in [0.25, 0.3) is 0 Å². The highest BCUT2D eigenvalue weighted by Crippen LogP contribution is 2.34. The molecular formula is C14H23N3O2S. The van der Waals surface area contributed by atoms with E-state index in [1.807, 2.05) is 0 Å². The number of benzene rings is 1. The van der Waals surface area contributed by atoms with Crippen molar-refractivity contribution in [2.45, 2.75) is 44.0 Å². The van der Waals surface area contributed by atoms with E-state index in [0.717, 1.165) is 6.42 Å². The molecule has 5 N–H and O–H groups in total. The average Bonchev–Trinajstić information content (AvgIpc) is 2.36. The Labute approximate surface area is 120 Å². The van der Waals surface area contributed by atoms with Crippen LogP contribution in [0.15, 0.2) is 23.1 Å². The molecule has 0 amide bonds. The molecule has 3 atom stereocenters. The molecule has 0 radical (unpaired) electrons. The molecule has 6 heteroatoms. The van der Waals surface area contributed by atoms with Crippen molar-refractivity contribution in [2.24, 2.45) is 17.0 Å². The van der Waals surface area contributed by atoms with E-state index in [1.165, 1.54) is 18.9 Å². The normalized spacial score (nSPS) is 27.2. The van der Waals surface area contributed by atoms with Gasteiger partial charge in [-0.3, -0.25) is 0 Å². The van der Waals surface area contributed by atoms with Gasteiger partial charge in [0.1, 0.15) is 4.90 Å². The van der Waals surface area contributed by atoms with Crippen molar-refractivity contribution in [3.05, 3.63) is 18.2 Å². The summed E-state index contributed by atoms with van der Waals surface area (Å²) >= 11 is 0. The van der Waals surface area contributed by atoms with E-state index < -0.39 is 10.0 Å². The summed E-state index contributed by atoms with van der Waals surface area (Å²) in [4.78, 5) is -0.0148. The molecule has 1 aliphatic carbocycles. The van der Waals surface area contributed by atoms with Crippen LogP contribution in [0.5, 0.6) is 0 Å². The maximum absolute atomic E-state index is 11.5. The lowest BCUT2D eigenvalue weighted by atomic mass is 9.78. The summed E-state index contributed by atoms with van der Waals surface area (Å²) in [5.74, 6) is 1.19. The van der Waals surface area contributed by atoms with Crippen molar-refractivity contribution >= 4 is 21.4 Å². The van der Waals surface area contributed by atoms with Gasteiger partial charge >= 0.3 is 0 Å². The largest absolute Gasteiger partial charge is 0.396 e. The smallest absolute Gasteiger partial charge is 0.240 e. The van der Waals surface area contributed by atoms with E-state index in [2.05, 4.69) is 19.2 Å². The van der Waals surface area contributed by atoms with Gasteiger partial charge < -0.3 is 11.1 Å². The summed E-state index contributed by atoms with van der Waals surface area (Å²) in [5.41, 5.74) is 6.81. The Morgan fingerprint density at radius 3 is 2.60 bits per heavy atom. The van der Waals surface area contributed by atoms with E-state index in [1.54, 1.807) is 12.1 Å². The molecule has 5 nitrogen and oxygen atoms in total. The molecule has 1 fully saturated rings. The molecular weight excluding hydrogens is 274 g/mol. The minimum absolute atomic E-state index is 0.0148. The standard InChI is InChI=1S/C14H23N3O2S/c1-9-5-3-6-11(10(9)2)17-12-7-4-8-13(14(12)15)20(16,18)19/h4,7-11,17H,3,5-6,15H2,1-2H3,(H2,16,18,19). The molecule has 0 saturated heterocycles. The topological polar surface area (TPSA) is 98.2 Å². The molecule has 1 saturated carbocycles. The van der Waals surface area contributed by atoms with Crippen LogP contribution in [0.2, 0.25) is 0 Å². The molecule has 0 heterocycles. The van der Waals surface area contributed by atoms with E-state index >= 15 is 0 Å². The lowest BCUT2D eigenvalue weighted by molar-refractivity contribution is 0.253. The summed E-state index contributed by atoms with van der Waals surface area (Å²) < 4.78 is 23.0. The maximum atomic E-state index is 11.5. The summed E-state index contributed by atoms with van der Waals surface area (Å²) in [7, 11) is -3.79. The number of sulfonamides is 1. The number of nitrogen functional groups attached to an aromatic ring is 1. The van der Waals surface area contributed by atoms with Crippen LogP contribution in [0.1, 0.15) is 33.1 Å². The number of hydrogen-bond acceptors (Lipinski definition) is 4. The van der Waals surface area contributed by atoms with Crippen LogP contribution in [-0.2, 0) is 10.0 Å². The number of primary sulfonamides is 1. The van der Waals surface area contributed by atoms with Crippen molar-refractivity contribution in [3.8, 4) is 0 Å². The first-order chi connectivity index (χ1) is 9.30. The first kappa shape index (κ1) is 15.1. The summed E-state index contributed by atoms with van der Waals surface area (Å²) in [6.07, 6.45) is 3.49. The Kier molecular flexibility index (Phi) is 4.25. The van der Waals surface area contributed by atoms with E-state index in [4.69, 9.17) is 10.9 Å². The van der Waals surface area contributed by atoms with Crippen molar-refractivity contribution in [2.75, 3.05) is 11.1 Å². The maximum Gasteiger partial charge on any atom is 0.240 e. The van der Waals surface area contributed by atoms with Gasteiger partial charge in [-0.1, -0.05) is 32.8 Å². The van der Waals surface area contributed by atoms with Crippen LogP contribution in [-0.4, -0.2) is 14.5 Å². The molecule has 0 bridgehead atoms.